The van der Waals surface area contributed by atoms with Gasteiger partial charge in [0.1, 0.15) is 11.3 Å². The summed E-state index contributed by atoms with van der Waals surface area (Å²) in [6.45, 7) is 7.54. The Morgan fingerprint density at radius 3 is 2.73 bits per heavy atom. The van der Waals surface area contributed by atoms with Crippen LogP contribution in [0.4, 0.5) is 11.8 Å². The topological polar surface area (TPSA) is 125 Å². The molecule has 0 bridgehead atoms. The molecule has 0 saturated carbocycles. The summed E-state index contributed by atoms with van der Waals surface area (Å²) >= 11 is 0. The first-order valence-corrected chi connectivity index (χ1v) is 8.72. The largest absolute Gasteiger partial charge is 0.507 e. The second-order valence-corrected chi connectivity index (χ2v) is 6.54. The lowest BCUT2D eigenvalue weighted by atomic mass is 10.1. The number of aromatic hydroxyl groups is 1. The SMILES string of the molecule is Cc1cccc(CNc2nc(NCCN)nc3c(C(C)C)[nH]nc23)c1O. The van der Waals surface area contributed by atoms with Crippen molar-refractivity contribution in [3.63, 3.8) is 0 Å². The highest BCUT2D eigenvalue weighted by Gasteiger charge is 2.17. The van der Waals surface area contributed by atoms with Crippen molar-refractivity contribution in [2.45, 2.75) is 33.2 Å². The lowest BCUT2D eigenvalue weighted by Crippen LogP contribution is -2.15. The maximum absolute atomic E-state index is 10.2. The molecule has 0 spiro atoms. The number of fused-ring (bicyclic) bond motifs is 1. The van der Waals surface area contributed by atoms with E-state index in [-0.39, 0.29) is 11.7 Å². The molecule has 3 aromatic rings. The van der Waals surface area contributed by atoms with Crippen LogP contribution in [0.3, 0.4) is 0 Å². The number of para-hydroxylation sites is 1. The number of nitrogens with one attached hydrogen (secondary N) is 3. The molecule has 0 aliphatic rings. The minimum atomic E-state index is 0.255. The predicted molar refractivity (Wildman–Crippen MR) is 103 cm³/mol. The van der Waals surface area contributed by atoms with Crippen molar-refractivity contribution >= 4 is 22.8 Å². The maximum Gasteiger partial charge on any atom is 0.225 e. The van der Waals surface area contributed by atoms with Crippen LogP contribution >= 0.6 is 0 Å². The van der Waals surface area contributed by atoms with E-state index in [1.807, 2.05) is 25.1 Å². The highest BCUT2D eigenvalue weighted by atomic mass is 16.3. The number of H-pyrrole nitrogens is 1. The Balaban J connectivity index is 1.96. The molecule has 0 fully saturated rings. The third-order valence-corrected chi connectivity index (χ3v) is 4.20. The molecule has 0 unspecified atom stereocenters. The van der Waals surface area contributed by atoms with Crippen LogP contribution in [0.2, 0.25) is 0 Å². The van der Waals surface area contributed by atoms with Crippen LogP contribution in [0.5, 0.6) is 5.75 Å². The van der Waals surface area contributed by atoms with E-state index >= 15 is 0 Å². The van der Waals surface area contributed by atoms with E-state index in [9.17, 15) is 5.11 Å². The van der Waals surface area contributed by atoms with E-state index in [1.54, 1.807) is 0 Å². The number of rotatable bonds is 7. The van der Waals surface area contributed by atoms with Crippen LogP contribution in [-0.2, 0) is 6.54 Å². The lowest BCUT2D eigenvalue weighted by Gasteiger charge is -2.11. The average molecular weight is 355 g/mol. The first kappa shape index (κ1) is 17.9. The van der Waals surface area contributed by atoms with Crippen LogP contribution in [0.15, 0.2) is 18.2 Å². The van der Waals surface area contributed by atoms with Crippen LogP contribution in [0.25, 0.3) is 11.0 Å². The molecule has 2 heterocycles. The zero-order valence-electron chi connectivity index (χ0n) is 15.3. The van der Waals surface area contributed by atoms with Gasteiger partial charge in [0.25, 0.3) is 0 Å². The number of phenolic OH excluding ortho intramolecular Hbond substituents is 1. The Kier molecular flexibility index (Phi) is 5.22. The second kappa shape index (κ2) is 7.57. The van der Waals surface area contributed by atoms with Crippen molar-refractivity contribution in [2.75, 3.05) is 23.7 Å². The van der Waals surface area contributed by atoms with Gasteiger partial charge in [0.05, 0.1) is 5.69 Å². The number of anilines is 2. The van der Waals surface area contributed by atoms with Gasteiger partial charge < -0.3 is 21.5 Å². The molecule has 138 valence electrons. The summed E-state index contributed by atoms with van der Waals surface area (Å²) in [6, 6.07) is 5.67. The number of nitrogens with two attached hydrogens (primary N) is 1. The fraction of sp³-hybridized carbons (Fsp3) is 0.389. The number of aryl methyl sites for hydroxylation is 1. The van der Waals surface area contributed by atoms with E-state index in [4.69, 9.17) is 5.73 Å². The summed E-state index contributed by atoms with van der Waals surface area (Å²) in [5.74, 6) is 1.66. The highest BCUT2D eigenvalue weighted by molar-refractivity contribution is 5.88. The Morgan fingerprint density at radius 2 is 2.00 bits per heavy atom. The van der Waals surface area contributed by atoms with E-state index < -0.39 is 0 Å². The molecular weight excluding hydrogens is 330 g/mol. The first-order chi connectivity index (χ1) is 12.5. The molecule has 8 nitrogen and oxygen atoms in total. The van der Waals surface area contributed by atoms with E-state index in [0.717, 1.165) is 22.3 Å². The molecule has 1 aromatic carbocycles. The fourth-order valence-corrected chi connectivity index (χ4v) is 2.75. The molecule has 0 aliphatic carbocycles. The molecular formula is C18H25N7O. The van der Waals surface area contributed by atoms with E-state index in [1.165, 1.54) is 0 Å². The third-order valence-electron chi connectivity index (χ3n) is 4.20. The predicted octanol–water partition coefficient (Wildman–Crippen LogP) is 2.47. The standard InChI is InChI=1S/C18H25N7O/c1-10(2)13-14-15(25-24-13)17(23-18(22-14)20-8-7-19)21-9-12-6-4-5-11(3)16(12)26/h4-6,10,26H,7-9,19H2,1-3H3,(H,24,25)(H2,20,21,22,23). The lowest BCUT2D eigenvalue weighted by molar-refractivity contribution is 0.465. The molecule has 2 aromatic heterocycles. The van der Waals surface area contributed by atoms with Gasteiger partial charge in [-0.15, -0.1) is 0 Å². The Bertz CT molecular complexity index is 904. The molecule has 3 rings (SSSR count). The molecule has 8 heteroatoms. The van der Waals surface area contributed by atoms with Gasteiger partial charge in [-0.3, -0.25) is 5.10 Å². The van der Waals surface area contributed by atoms with Crippen molar-refractivity contribution < 1.29 is 5.11 Å². The summed E-state index contributed by atoms with van der Waals surface area (Å²) < 4.78 is 0. The number of aromatic amines is 1. The van der Waals surface area contributed by atoms with Gasteiger partial charge in [-0.2, -0.15) is 10.1 Å². The van der Waals surface area contributed by atoms with Gasteiger partial charge in [-0.1, -0.05) is 32.0 Å². The molecule has 0 aliphatic heterocycles. The van der Waals surface area contributed by atoms with Gasteiger partial charge in [0.2, 0.25) is 5.95 Å². The van der Waals surface area contributed by atoms with Gasteiger partial charge in [0, 0.05) is 25.2 Å². The van der Waals surface area contributed by atoms with E-state index in [2.05, 4.69) is 44.6 Å². The Labute approximate surface area is 152 Å². The maximum atomic E-state index is 10.2. The average Bonchev–Trinajstić information content (AvgIpc) is 3.05. The molecule has 6 N–H and O–H groups in total. The molecule has 0 radical (unpaired) electrons. The number of aromatic nitrogens is 4. The van der Waals surface area contributed by atoms with Crippen LogP contribution in [0, 0.1) is 6.92 Å². The van der Waals surface area contributed by atoms with Crippen LogP contribution < -0.4 is 16.4 Å². The minimum absolute atomic E-state index is 0.255. The number of nitrogens with zero attached hydrogens (tertiary/aromatic N) is 3. The number of hydrogen-bond donors (Lipinski definition) is 5. The monoisotopic (exact) mass is 355 g/mol. The van der Waals surface area contributed by atoms with Crippen molar-refractivity contribution in [1.82, 2.24) is 20.2 Å². The molecule has 26 heavy (non-hydrogen) atoms. The summed E-state index contributed by atoms with van der Waals surface area (Å²) in [5.41, 5.74) is 9.63. The Hall–Kier alpha value is -2.87. The third kappa shape index (κ3) is 3.55. The summed E-state index contributed by atoms with van der Waals surface area (Å²) in [7, 11) is 0. The molecule has 0 amide bonds. The van der Waals surface area contributed by atoms with Crippen LogP contribution in [0.1, 0.15) is 36.6 Å². The van der Waals surface area contributed by atoms with Gasteiger partial charge in [0.15, 0.2) is 11.3 Å². The minimum Gasteiger partial charge on any atom is -0.507 e. The van der Waals surface area contributed by atoms with Crippen molar-refractivity contribution in [3.05, 3.63) is 35.0 Å². The summed E-state index contributed by atoms with van der Waals surface area (Å²) in [5, 5.41) is 24.1. The van der Waals surface area contributed by atoms with Crippen molar-refractivity contribution in [2.24, 2.45) is 5.73 Å². The second-order valence-electron chi connectivity index (χ2n) is 6.54. The van der Waals surface area contributed by atoms with Gasteiger partial charge in [-0.05, 0) is 18.4 Å². The fourth-order valence-electron chi connectivity index (χ4n) is 2.75. The smallest absolute Gasteiger partial charge is 0.225 e. The van der Waals surface area contributed by atoms with Crippen molar-refractivity contribution in [3.8, 4) is 5.75 Å². The van der Waals surface area contributed by atoms with Crippen molar-refractivity contribution in [1.29, 1.82) is 0 Å². The summed E-state index contributed by atoms with van der Waals surface area (Å²) in [6.07, 6.45) is 0. The van der Waals surface area contributed by atoms with Gasteiger partial charge in [-0.25, -0.2) is 4.98 Å². The van der Waals surface area contributed by atoms with E-state index in [0.29, 0.717) is 36.9 Å². The molecule has 0 atom stereocenters. The zero-order valence-corrected chi connectivity index (χ0v) is 15.3. The quantitative estimate of drug-likeness (QED) is 0.441. The number of benzene rings is 1. The van der Waals surface area contributed by atoms with Crippen LogP contribution in [-0.4, -0.2) is 38.4 Å². The highest BCUT2D eigenvalue weighted by Crippen LogP contribution is 2.28. The normalized spacial score (nSPS) is 11.3. The number of phenols is 1. The van der Waals surface area contributed by atoms with Gasteiger partial charge >= 0.3 is 0 Å². The number of hydrogen-bond acceptors (Lipinski definition) is 7. The zero-order chi connectivity index (χ0) is 18.7. The summed E-state index contributed by atoms with van der Waals surface area (Å²) in [4.78, 5) is 9.11. The Morgan fingerprint density at radius 1 is 1.19 bits per heavy atom. The first-order valence-electron chi connectivity index (χ1n) is 8.72. The molecule has 0 saturated heterocycles.